The normalized spacial score (nSPS) is 11.1. The van der Waals surface area contributed by atoms with Crippen molar-refractivity contribution in [3.63, 3.8) is 0 Å². The Morgan fingerprint density at radius 2 is 1.13 bits per heavy atom. The summed E-state index contributed by atoms with van der Waals surface area (Å²) in [5.74, 6) is -0.443. The van der Waals surface area contributed by atoms with E-state index in [1.807, 2.05) is 0 Å². The molecule has 0 atom stereocenters. The molecule has 7 heteroatoms. The third kappa shape index (κ3) is 15.4. The molecule has 0 radical (unpaired) electrons. The molecular weight excluding hydrogens is 452 g/mol. The molecule has 0 bridgehead atoms. The van der Waals surface area contributed by atoms with Gasteiger partial charge in [-0.15, -0.1) is 0 Å². The summed E-state index contributed by atoms with van der Waals surface area (Å²) in [5.41, 5.74) is 6.04. The first-order valence-electron chi connectivity index (χ1n) is 11.9. The molecule has 1 amide bonds. The van der Waals surface area contributed by atoms with Gasteiger partial charge in [0.15, 0.2) is 0 Å². The number of nitrogens with one attached hydrogen (secondary N) is 1. The Morgan fingerprint density at radius 1 is 0.742 bits per heavy atom. The second-order valence-electron chi connectivity index (χ2n) is 8.30. The Hall–Kier alpha value is -1.04. The molecule has 1 aromatic rings. The predicted molar refractivity (Wildman–Crippen MR) is 126 cm³/mol. The number of carbonyl (C=O) groups is 1. The summed E-state index contributed by atoms with van der Waals surface area (Å²) in [6.45, 7) is 2.26. The fourth-order valence-electron chi connectivity index (χ4n) is 3.56. The van der Waals surface area contributed by atoms with E-state index >= 15 is 0 Å². The number of benzene rings is 1. The standard InChI is InChI=1S/C24H42N2O3S.Fe/c1-2-3-4-5-6-7-8-9-10-11-12-13-14-15-16-17-24(27)26-30(28,29)23-20-18-22(25)19-21-23;/h18-21H,2-17,25H2,1H3,(H,26,27);. The van der Waals surface area contributed by atoms with E-state index in [1.165, 1.54) is 101 Å². The number of rotatable bonds is 18. The Balaban J connectivity index is 0.00000900. The number of anilines is 1. The summed E-state index contributed by atoms with van der Waals surface area (Å²) in [4.78, 5) is 12.0. The van der Waals surface area contributed by atoms with Gasteiger partial charge in [-0.1, -0.05) is 96.8 Å². The van der Waals surface area contributed by atoms with E-state index in [0.29, 0.717) is 5.69 Å². The third-order valence-electron chi connectivity index (χ3n) is 5.45. The molecule has 0 aliphatic rings. The summed E-state index contributed by atoms with van der Waals surface area (Å²) in [5, 5.41) is 0. The van der Waals surface area contributed by atoms with Crippen LogP contribution < -0.4 is 10.5 Å². The van der Waals surface area contributed by atoms with Crippen molar-refractivity contribution >= 4 is 21.6 Å². The van der Waals surface area contributed by atoms with Crippen LogP contribution in [0.15, 0.2) is 29.2 Å². The van der Waals surface area contributed by atoms with E-state index in [-0.39, 0.29) is 28.4 Å². The molecule has 0 saturated carbocycles. The zero-order valence-electron chi connectivity index (χ0n) is 19.2. The van der Waals surface area contributed by atoms with E-state index in [0.717, 1.165) is 19.3 Å². The molecule has 5 nitrogen and oxygen atoms in total. The van der Waals surface area contributed by atoms with Gasteiger partial charge in [-0.2, -0.15) is 0 Å². The minimum atomic E-state index is -3.80. The van der Waals surface area contributed by atoms with Crippen LogP contribution in [0.25, 0.3) is 0 Å². The number of unbranched alkanes of at least 4 members (excludes halogenated alkanes) is 14. The first-order chi connectivity index (χ1) is 14.5. The average molecular weight is 495 g/mol. The van der Waals surface area contributed by atoms with E-state index in [9.17, 15) is 13.2 Å². The summed E-state index contributed by atoms with van der Waals surface area (Å²) in [6, 6.07) is 5.82. The van der Waals surface area contributed by atoms with Crippen molar-refractivity contribution in [2.24, 2.45) is 0 Å². The molecule has 0 spiro atoms. The molecule has 0 fully saturated rings. The molecule has 1 aromatic carbocycles. The van der Waals surface area contributed by atoms with Crippen molar-refractivity contribution < 1.29 is 30.3 Å². The minimum absolute atomic E-state index is 0. The summed E-state index contributed by atoms with van der Waals surface area (Å²) in [6.07, 6.45) is 19.2. The van der Waals surface area contributed by atoms with Crippen molar-refractivity contribution in [1.29, 1.82) is 0 Å². The fraction of sp³-hybridized carbons (Fsp3) is 0.708. The number of nitrogens with two attached hydrogens (primary N) is 1. The molecule has 180 valence electrons. The predicted octanol–water partition coefficient (Wildman–Crippen LogP) is 6.33. The van der Waals surface area contributed by atoms with E-state index in [2.05, 4.69) is 11.6 Å². The maximum atomic E-state index is 12.1. The van der Waals surface area contributed by atoms with Gasteiger partial charge in [0.2, 0.25) is 5.91 Å². The van der Waals surface area contributed by atoms with Gasteiger partial charge in [0.1, 0.15) is 0 Å². The first-order valence-corrected chi connectivity index (χ1v) is 13.3. The number of hydrogen-bond acceptors (Lipinski definition) is 4. The average Bonchev–Trinajstić information content (AvgIpc) is 2.71. The quantitative estimate of drug-likeness (QED) is 0.142. The van der Waals surface area contributed by atoms with Crippen molar-refractivity contribution in [3.05, 3.63) is 24.3 Å². The Bertz CT molecular complexity index is 679. The van der Waals surface area contributed by atoms with Crippen LogP contribution in [0.1, 0.15) is 110 Å². The first kappa shape index (κ1) is 30.0. The van der Waals surface area contributed by atoms with Gasteiger partial charge < -0.3 is 5.73 Å². The SMILES string of the molecule is CCCCCCCCCCCCCCCCCC(=O)NS(=O)(=O)c1ccc(N)cc1.[Fe]. The van der Waals surface area contributed by atoms with Gasteiger partial charge in [-0.3, -0.25) is 4.79 Å². The zero-order valence-corrected chi connectivity index (χ0v) is 21.1. The monoisotopic (exact) mass is 494 g/mol. The number of hydrogen-bond donors (Lipinski definition) is 2. The largest absolute Gasteiger partial charge is 0.399 e. The van der Waals surface area contributed by atoms with Gasteiger partial charge >= 0.3 is 0 Å². The molecule has 0 aliphatic carbocycles. The van der Waals surface area contributed by atoms with Crippen LogP contribution in [0.3, 0.4) is 0 Å². The van der Waals surface area contributed by atoms with Gasteiger partial charge in [-0.05, 0) is 30.7 Å². The molecular formula is C24H42FeN2O3S. The van der Waals surface area contributed by atoms with E-state index in [1.54, 1.807) is 0 Å². The van der Waals surface area contributed by atoms with Crippen LogP contribution in [0.2, 0.25) is 0 Å². The number of amides is 1. The van der Waals surface area contributed by atoms with Crippen LogP contribution in [-0.2, 0) is 31.9 Å². The van der Waals surface area contributed by atoms with Crippen molar-refractivity contribution in [1.82, 2.24) is 4.72 Å². The second kappa shape index (κ2) is 18.5. The summed E-state index contributed by atoms with van der Waals surface area (Å²) in [7, 11) is -3.80. The molecule has 31 heavy (non-hydrogen) atoms. The van der Waals surface area contributed by atoms with Crippen LogP contribution in [-0.4, -0.2) is 14.3 Å². The van der Waals surface area contributed by atoms with Gasteiger partial charge in [0.25, 0.3) is 10.0 Å². The molecule has 0 aromatic heterocycles. The van der Waals surface area contributed by atoms with E-state index in [4.69, 9.17) is 5.73 Å². The number of carbonyl (C=O) groups excluding carboxylic acids is 1. The van der Waals surface area contributed by atoms with Crippen LogP contribution in [0.5, 0.6) is 0 Å². The molecule has 0 heterocycles. The maximum Gasteiger partial charge on any atom is 0.264 e. The zero-order chi connectivity index (χ0) is 22.1. The fourth-order valence-corrected chi connectivity index (χ4v) is 4.58. The molecule has 0 unspecified atom stereocenters. The van der Waals surface area contributed by atoms with Gasteiger partial charge in [0.05, 0.1) is 4.90 Å². The number of sulfonamides is 1. The second-order valence-corrected chi connectivity index (χ2v) is 9.98. The Morgan fingerprint density at radius 3 is 1.55 bits per heavy atom. The smallest absolute Gasteiger partial charge is 0.264 e. The molecule has 0 aliphatic heterocycles. The summed E-state index contributed by atoms with van der Waals surface area (Å²) >= 11 is 0. The molecule has 3 N–H and O–H groups in total. The van der Waals surface area contributed by atoms with Crippen LogP contribution in [0.4, 0.5) is 5.69 Å². The van der Waals surface area contributed by atoms with Crippen LogP contribution >= 0.6 is 0 Å². The maximum absolute atomic E-state index is 12.1. The van der Waals surface area contributed by atoms with Crippen molar-refractivity contribution in [2.45, 2.75) is 115 Å². The van der Waals surface area contributed by atoms with Crippen LogP contribution in [0, 0.1) is 0 Å². The Labute approximate surface area is 200 Å². The third-order valence-corrected chi connectivity index (χ3v) is 6.84. The van der Waals surface area contributed by atoms with Gasteiger partial charge in [-0.25, -0.2) is 13.1 Å². The Kier molecular flexibility index (Phi) is 17.9. The molecule has 1 rings (SSSR count). The van der Waals surface area contributed by atoms with E-state index < -0.39 is 15.9 Å². The van der Waals surface area contributed by atoms with Crippen molar-refractivity contribution in [2.75, 3.05) is 5.73 Å². The topological polar surface area (TPSA) is 89.3 Å². The minimum Gasteiger partial charge on any atom is -0.399 e. The summed E-state index contributed by atoms with van der Waals surface area (Å²) < 4.78 is 26.4. The van der Waals surface area contributed by atoms with Gasteiger partial charge in [0, 0.05) is 29.2 Å². The molecule has 0 saturated heterocycles. The van der Waals surface area contributed by atoms with Crippen molar-refractivity contribution in [3.8, 4) is 0 Å². The number of nitrogen functional groups attached to an aromatic ring is 1.